The quantitative estimate of drug-likeness (QED) is 0.711. The van der Waals surface area contributed by atoms with Gasteiger partial charge in [-0.1, -0.05) is 28.9 Å². The van der Waals surface area contributed by atoms with E-state index in [1.165, 1.54) is 0 Å². The number of amides is 2. The van der Waals surface area contributed by atoms with Gasteiger partial charge in [0.25, 0.3) is 11.6 Å². The average molecular weight is 413 g/mol. The topological polar surface area (TPSA) is 88.3 Å². The molecular weight excluding hydrogens is 392 g/mol. The number of carbonyl (C=O) groups excluding carboxylic acids is 2. The Balaban J connectivity index is 1.57. The first-order valence-corrected chi connectivity index (χ1v) is 9.85. The summed E-state index contributed by atoms with van der Waals surface area (Å²) < 4.78 is 5.42. The number of fused-ring (bicyclic) bond motifs is 1. The zero-order valence-electron chi connectivity index (χ0n) is 16.2. The predicted molar refractivity (Wildman–Crippen MR) is 109 cm³/mol. The van der Waals surface area contributed by atoms with E-state index in [1.54, 1.807) is 26.1 Å². The molecule has 150 valence electrons. The molecule has 0 spiro atoms. The Bertz CT molecular complexity index is 1090. The van der Waals surface area contributed by atoms with Crippen LogP contribution in [0, 0.1) is 6.92 Å². The van der Waals surface area contributed by atoms with Gasteiger partial charge in [-0.3, -0.25) is 9.59 Å². The van der Waals surface area contributed by atoms with Crippen molar-refractivity contribution in [1.29, 1.82) is 0 Å². The van der Waals surface area contributed by atoms with Crippen molar-refractivity contribution in [1.82, 2.24) is 20.4 Å². The number of aromatic nitrogens is 2. The molecule has 1 fully saturated rings. The van der Waals surface area contributed by atoms with Gasteiger partial charge in [0.2, 0.25) is 5.91 Å². The molecule has 1 aliphatic rings. The molecule has 0 saturated carbocycles. The van der Waals surface area contributed by atoms with Gasteiger partial charge in [-0.15, -0.1) is 0 Å². The molecule has 0 aliphatic carbocycles. The molecule has 0 bridgehead atoms. The number of nitrogens with zero attached hydrogens (tertiary/aromatic N) is 3. The van der Waals surface area contributed by atoms with Crippen LogP contribution in [-0.2, 0) is 11.2 Å². The van der Waals surface area contributed by atoms with Gasteiger partial charge in [0.05, 0.1) is 23.1 Å². The number of rotatable bonds is 4. The fourth-order valence-corrected chi connectivity index (χ4v) is 4.04. The van der Waals surface area contributed by atoms with Gasteiger partial charge in [0.1, 0.15) is 0 Å². The number of aryl methyl sites for hydroxylation is 1. The van der Waals surface area contributed by atoms with Crippen LogP contribution in [0.2, 0.25) is 5.02 Å². The Morgan fingerprint density at radius 2 is 2.17 bits per heavy atom. The van der Waals surface area contributed by atoms with Crippen molar-refractivity contribution in [3.8, 4) is 0 Å². The minimum absolute atomic E-state index is 0.00697. The van der Waals surface area contributed by atoms with E-state index in [2.05, 4.69) is 15.5 Å². The lowest BCUT2D eigenvalue weighted by atomic mass is 9.99. The maximum Gasteiger partial charge on any atom is 0.259 e. The Kier molecular flexibility index (Phi) is 5.24. The van der Waals surface area contributed by atoms with Crippen LogP contribution in [0.25, 0.3) is 11.1 Å². The molecule has 3 aromatic rings. The van der Waals surface area contributed by atoms with Gasteiger partial charge in [0.15, 0.2) is 0 Å². The summed E-state index contributed by atoms with van der Waals surface area (Å²) >= 11 is 6.02. The number of hydrogen-bond acceptors (Lipinski definition) is 5. The van der Waals surface area contributed by atoms with E-state index >= 15 is 0 Å². The van der Waals surface area contributed by atoms with E-state index in [-0.39, 0.29) is 17.7 Å². The summed E-state index contributed by atoms with van der Waals surface area (Å²) in [6.45, 7) is 2.97. The van der Waals surface area contributed by atoms with Gasteiger partial charge in [-0.25, -0.2) is 4.98 Å². The number of likely N-dealkylation sites (tertiary alicyclic amines) is 1. The first-order chi connectivity index (χ1) is 14.0. The van der Waals surface area contributed by atoms with Gasteiger partial charge in [0, 0.05) is 36.8 Å². The number of hydrogen-bond donors (Lipinski definition) is 1. The van der Waals surface area contributed by atoms with Crippen molar-refractivity contribution in [2.45, 2.75) is 25.7 Å². The minimum Gasteiger partial charge on any atom is -0.355 e. The van der Waals surface area contributed by atoms with Crippen molar-refractivity contribution in [3.05, 3.63) is 57.9 Å². The summed E-state index contributed by atoms with van der Waals surface area (Å²) in [5, 5.41) is 8.12. The molecule has 1 N–H and O–H groups in total. The lowest BCUT2D eigenvalue weighted by Gasteiger charge is -2.16. The van der Waals surface area contributed by atoms with Crippen LogP contribution in [0.4, 0.5) is 0 Å². The molecule has 1 atom stereocenters. The zero-order valence-corrected chi connectivity index (χ0v) is 17.0. The largest absolute Gasteiger partial charge is 0.355 e. The summed E-state index contributed by atoms with van der Waals surface area (Å²) in [6.07, 6.45) is 1.06. The predicted octanol–water partition coefficient (Wildman–Crippen LogP) is 3.10. The van der Waals surface area contributed by atoms with Crippen molar-refractivity contribution in [3.63, 3.8) is 0 Å². The zero-order chi connectivity index (χ0) is 20.5. The van der Waals surface area contributed by atoms with E-state index in [0.29, 0.717) is 52.6 Å². The highest BCUT2D eigenvalue weighted by molar-refractivity contribution is 6.30. The van der Waals surface area contributed by atoms with E-state index < -0.39 is 0 Å². The summed E-state index contributed by atoms with van der Waals surface area (Å²) in [5.41, 5.74) is 3.10. The third-order valence-electron chi connectivity index (χ3n) is 5.24. The maximum absolute atomic E-state index is 12.7. The number of nitrogens with one attached hydrogen (secondary N) is 1. The van der Waals surface area contributed by atoms with Crippen LogP contribution in [0.15, 0.2) is 34.9 Å². The molecule has 2 aromatic heterocycles. The summed E-state index contributed by atoms with van der Waals surface area (Å²) in [7, 11) is 1.59. The van der Waals surface area contributed by atoms with Gasteiger partial charge in [-0.2, -0.15) is 0 Å². The fourth-order valence-electron chi connectivity index (χ4n) is 3.83. The van der Waals surface area contributed by atoms with E-state index in [4.69, 9.17) is 16.1 Å². The van der Waals surface area contributed by atoms with Gasteiger partial charge < -0.3 is 14.7 Å². The molecule has 1 aromatic carbocycles. The van der Waals surface area contributed by atoms with E-state index in [0.717, 1.165) is 12.0 Å². The normalized spacial score (nSPS) is 16.4. The average Bonchev–Trinajstić information content (AvgIpc) is 3.33. The number of pyridine rings is 1. The van der Waals surface area contributed by atoms with Crippen LogP contribution >= 0.6 is 11.6 Å². The van der Waals surface area contributed by atoms with Crippen LogP contribution in [0.5, 0.6) is 0 Å². The number of carbonyl (C=O) groups is 2. The molecule has 8 heteroatoms. The lowest BCUT2D eigenvalue weighted by molar-refractivity contribution is -0.129. The molecule has 4 rings (SSSR count). The van der Waals surface area contributed by atoms with Crippen molar-refractivity contribution < 1.29 is 14.1 Å². The van der Waals surface area contributed by atoms with Crippen LogP contribution in [0.3, 0.4) is 0 Å². The van der Waals surface area contributed by atoms with Crippen molar-refractivity contribution in [2.75, 3.05) is 20.1 Å². The lowest BCUT2D eigenvalue weighted by Crippen LogP contribution is -2.30. The Morgan fingerprint density at radius 3 is 2.93 bits per heavy atom. The third-order valence-corrected chi connectivity index (χ3v) is 5.48. The SMILES string of the molecule is CNC(=O)c1cc(C)nc2onc(C3CCN(C(=O)Cc4cccc(Cl)c4)C3)c12. The monoisotopic (exact) mass is 412 g/mol. The Morgan fingerprint density at radius 1 is 1.34 bits per heavy atom. The van der Waals surface area contributed by atoms with Crippen LogP contribution in [0.1, 0.15) is 39.6 Å². The number of halogens is 1. The third kappa shape index (κ3) is 3.82. The smallest absolute Gasteiger partial charge is 0.259 e. The summed E-state index contributed by atoms with van der Waals surface area (Å²) in [4.78, 5) is 31.3. The molecular formula is C21H21ClN4O3. The standard InChI is InChI=1S/C21H21ClN4O3/c1-12-8-16(20(28)23-2)18-19(25-29-21(18)24-12)14-6-7-26(11-14)17(27)10-13-4-3-5-15(22)9-13/h3-5,8-9,14H,6-7,10-11H2,1-2H3,(H,23,28). The second kappa shape index (κ2) is 7.83. The maximum atomic E-state index is 12.7. The molecule has 1 saturated heterocycles. The molecule has 1 aliphatic heterocycles. The Labute approximate surface area is 173 Å². The second-order valence-corrected chi connectivity index (χ2v) is 7.71. The molecule has 29 heavy (non-hydrogen) atoms. The second-order valence-electron chi connectivity index (χ2n) is 7.27. The molecule has 1 unspecified atom stereocenters. The van der Waals surface area contributed by atoms with Crippen LogP contribution < -0.4 is 5.32 Å². The number of benzene rings is 1. The summed E-state index contributed by atoms with van der Waals surface area (Å²) in [5.74, 6) is -0.174. The molecule has 2 amide bonds. The summed E-state index contributed by atoms with van der Waals surface area (Å²) in [6, 6.07) is 9.07. The Hall–Kier alpha value is -2.93. The van der Waals surface area contributed by atoms with Gasteiger partial charge >= 0.3 is 0 Å². The highest BCUT2D eigenvalue weighted by atomic mass is 35.5. The molecule has 0 radical (unpaired) electrons. The van der Waals surface area contributed by atoms with Gasteiger partial charge in [-0.05, 0) is 37.1 Å². The highest BCUT2D eigenvalue weighted by Gasteiger charge is 2.32. The fraction of sp³-hybridized carbons (Fsp3) is 0.333. The first-order valence-electron chi connectivity index (χ1n) is 9.47. The van der Waals surface area contributed by atoms with Crippen LogP contribution in [-0.4, -0.2) is 47.0 Å². The van der Waals surface area contributed by atoms with E-state index in [1.807, 2.05) is 23.1 Å². The van der Waals surface area contributed by atoms with Crippen molar-refractivity contribution in [2.24, 2.45) is 0 Å². The minimum atomic E-state index is -0.211. The molecule has 7 nitrogen and oxygen atoms in total. The highest BCUT2D eigenvalue weighted by Crippen LogP contribution is 2.33. The van der Waals surface area contributed by atoms with Crippen molar-refractivity contribution >= 4 is 34.5 Å². The molecule has 3 heterocycles. The first kappa shape index (κ1) is 19.4. The van der Waals surface area contributed by atoms with E-state index in [9.17, 15) is 9.59 Å².